The van der Waals surface area contributed by atoms with Crippen LogP contribution in [0.25, 0.3) is 0 Å². The van der Waals surface area contributed by atoms with E-state index in [-0.39, 0.29) is 24.6 Å². The largest absolute Gasteiger partial charge is 0.573 e. The molecule has 2 aromatic rings. The van der Waals surface area contributed by atoms with E-state index in [0.29, 0.717) is 18.1 Å². The van der Waals surface area contributed by atoms with E-state index in [1.165, 1.54) is 12.1 Å². The van der Waals surface area contributed by atoms with Crippen LogP contribution >= 0.6 is 0 Å². The molecule has 140 valence electrons. The number of nitrogens with zero attached hydrogens (tertiary/aromatic N) is 2. The van der Waals surface area contributed by atoms with E-state index in [4.69, 9.17) is 0 Å². The van der Waals surface area contributed by atoms with Crippen LogP contribution in [-0.4, -0.2) is 40.4 Å². The van der Waals surface area contributed by atoms with Crippen molar-refractivity contribution in [3.8, 4) is 5.75 Å². The fourth-order valence-electron chi connectivity index (χ4n) is 1.99. The zero-order valence-electron chi connectivity index (χ0n) is 13.5. The highest BCUT2D eigenvalue weighted by atomic mass is 19.4. The zero-order valence-corrected chi connectivity index (χ0v) is 13.5. The number of aromatic nitrogens is 2. The number of hydrogen-bond donors (Lipinski definition) is 3. The molecule has 0 radical (unpaired) electrons. The van der Waals surface area contributed by atoms with Crippen LogP contribution in [0.5, 0.6) is 5.75 Å². The Labute approximate surface area is 147 Å². The molecule has 0 saturated carbocycles. The summed E-state index contributed by atoms with van der Waals surface area (Å²) < 4.78 is 40.0. The van der Waals surface area contributed by atoms with E-state index < -0.39 is 12.5 Å². The maximum atomic E-state index is 12.1. The van der Waals surface area contributed by atoms with E-state index in [1.807, 2.05) is 0 Å². The van der Waals surface area contributed by atoms with E-state index in [0.717, 1.165) is 12.1 Å². The summed E-state index contributed by atoms with van der Waals surface area (Å²) in [6, 6.07) is 6.45. The average Bonchev–Trinajstić information content (AvgIpc) is 2.60. The van der Waals surface area contributed by atoms with Gasteiger partial charge >= 0.3 is 6.36 Å². The van der Waals surface area contributed by atoms with Crippen LogP contribution < -0.4 is 15.4 Å². The predicted octanol–water partition coefficient (Wildman–Crippen LogP) is 2.03. The van der Waals surface area contributed by atoms with Crippen molar-refractivity contribution in [3.63, 3.8) is 0 Å². The second-order valence-electron chi connectivity index (χ2n) is 5.19. The molecule has 0 aliphatic heterocycles. The Balaban J connectivity index is 1.71. The van der Waals surface area contributed by atoms with Gasteiger partial charge in [0, 0.05) is 31.9 Å². The minimum Gasteiger partial charge on any atom is -0.406 e. The van der Waals surface area contributed by atoms with Crippen LogP contribution in [0.15, 0.2) is 42.7 Å². The number of aliphatic hydroxyl groups is 1. The summed E-state index contributed by atoms with van der Waals surface area (Å²) >= 11 is 0. The summed E-state index contributed by atoms with van der Waals surface area (Å²) in [6.07, 6.45) is -2.55. The molecular formula is C16H17F3N4O3. The maximum absolute atomic E-state index is 12.1. The monoisotopic (exact) mass is 370 g/mol. The minimum absolute atomic E-state index is 0.0693. The minimum atomic E-state index is -4.77. The standard InChI is InChI=1S/C16H17F3N4O3/c17-16(18,19)26-12-4-2-11(3-5-12)13(24)10-23-14(25)6-9-22-15-20-7-1-8-21-15/h1-5,7-8,13,24H,6,9-10H2,(H,23,25)(H,20,21,22). The Morgan fingerprint density at radius 3 is 2.46 bits per heavy atom. The molecule has 3 N–H and O–H groups in total. The van der Waals surface area contributed by atoms with Crippen molar-refractivity contribution >= 4 is 11.9 Å². The first-order valence-corrected chi connectivity index (χ1v) is 7.65. The summed E-state index contributed by atoms with van der Waals surface area (Å²) in [4.78, 5) is 19.6. The lowest BCUT2D eigenvalue weighted by molar-refractivity contribution is -0.274. The first kappa shape index (κ1) is 19.4. The van der Waals surface area contributed by atoms with Gasteiger partial charge in [-0.15, -0.1) is 13.2 Å². The topological polar surface area (TPSA) is 96.4 Å². The number of halogens is 3. The van der Waals surface area contributed by atoms with Gasteiger partial charge < -0.3 is 20.5 Å². The summed E-state index contributed by atoms with van der Waals surface area (Å²) in [5.74, 6) is -0.280. The Bertz CT molecular complexity index is 696. The van der Waals surface area contributed by atoms with Crippen LogP contribution in [0, 0.1) is 0 Å². The molecule has 0 aliphatic rings. The highest BCUT2D eigenvalue weighted by molar-refractivity contribution is 5.76. The summed E-state index contributed by atoms with van der Waals surface area (Å²) in [7, 11) is 0. The van der Waals surface area contributed by atoms with Crippen LogP contribution in [0.3, 0.4) is 0 Å². The number of carbonyl (C=O) groups is 1. The molecule has 1 amide bonds. The predicted molar refractivity (Wildman–Crippen MR) is 86.2 cm³/mol. The molecule has 0 saturated heterocycles. The molecule has 1 atom stereocenters. The van der Waals surface area contributed by atoms with Crippen molar-refractivity contribution in [2.75, 3.05) is 18.4 Å². The highest BCUT2D eigenvalue weighted by Crippen LogP contribution is 2.24. The molecule has 1 unspecified atom stereocenters. The van der Waals surface area contributed by atoms with Gasteiger partial charge in [-0.3, -0.25) is 4.79 Å². The number of benzene rings is 1. The summed E-state index contributed by atoms with van der Waals surface area (Å²) in [5.41, 5.74) is 0.357. The van der Waals surface area contributed by atoms with Crippen molar-refractivity contribution in [1.29, 1.82) is 0 Å². The van der Waals surface area contributed by atoms with Gasteiger partial charge in [-0.25, -0.2) is 9.97 Å². The van der Waals surface area contributed by atoms with Gasteiger partial charge in [0.25, 0.3) is 0 Å². The van der Waals surface area contributed by atoms with Crippen molar-refractivity contribution in [2.24, 2.45) is 0 Å². The Hall–Kier alpha value is -2.88. The van der Waals surface area contributed by atoms with Crippen molar-refractivity contribution in [1.82, 2.24) is 15.3 Å². The van der Waals surface area contributed by atoms with Gasteiger partial charge in [0.05, 0.1) is 6.10 Å². The molecule has 1 aromatic carbocycles. The van der Waals surface area contributed by atoms with Crippen LogP contribution in [0.4, 0.5) is 19.1 Å². The van der Waals surface area contributed by atoms with Crippen molar-refractivity contribution in [2.45, 2.75) is 18.9 Å². The number of hydrogen-bond acceptors (Lipinski definition) is 6. The van der Waals surface area contributed by atoms with Gasteiger partial charge in [0.15, 0.2) is 0 Å². The molecule has 0 fully saturated rings. The van der Waals surface area contributed by atoms with Gasteiger partial charge in [-0.2, -0.15) is 0 Å². The number of amides is 1. The molecule has 0 spiro atoms. The molecule has 10 heteroatoms. The third kappa shape index (κ3) is 6.93. The molecule has 0 aliphatic carbocycles. The van der Waals surface area contributed by atoms with Gasteiger partial charge in [-0.1, -0.05) is 12.1 Å². The van der Waals surface area contributed by atoms with E-state index in [9.17, 15) is 23.1 Å². The second kappa shape index (κ2) is 8.99. The number of alkyl halides is 3. The van der Waals surface area contributed by atoms with Crippen molar-refractivity contribution in [3.05, 3.63) is 48.3 Å². The van der Waals surface area contributed by atoms with E-state index in [2.05, 4.69) is 25.3 Å². The number of nitrogens with one attached hydrogen (secondary N) is 2. The molecule has 7 nitrogen and oxygen atoms in total. The smallest absolute Gasteiger partial charge is 0.406 e. The number of aliphatic hydroxyl groups excluding tert-OH is 1. The zero-order chi connectivity index (χ0) is 19.0. The summed E-state index contributed by atoms with van der Waals surface area (Å²) in [5, 5.41) is 15.4. The van der Waals surface area contributed by atoms with Crippen LogP contribution in [0.2, 0.25) is 0 Å². The van der Waals surface area contributed by atoms with Gasteiger partial charge in [0.1, 0.15) is 5.75 Å². The molecule has 1 aromatic heterocycles. The van der Waals surface area contributed by atoms with Crippen LogP contribution in [-0.2, 0) is 4.79 Å². The summed E-state index contributed by atoms with van der Waals surface area (Å²) in [6.45, 7) is 0.246. The third-order valence-corrected chi connectivity index (χ3v) is 3.19. The average molecular weight is 370 g/mol. The molecule has 2 rings (SSSR count). The van der Waals surface area contributed by atoms with E-state index in [1.54, 1.807) is 18.5 Å². The number of carbonyl (C=O) groups excluding carboxylic acids is 1. The molecule has 0 bridgehead atoms. The first-order valence-electron chi connectivity index (χ1n) is 7.65. The first-order chi connectivity index (χ1) is 12.3. The lowest BCUT2D eigenvalue weighted by Gasteiger charge is -2.14. The number of anilines is 1. The normalized spacial score (nSPS) is 12.3. The van der Waals surface area contributed by atoms with Crippen LogP contribution in [0.1, 0.15) is 18.1 Å². The fraction of sp³-hybridized carbons (Fsp3) is 0.312. The lowest BCUT2D eigenvalue weighted by Crippen LogP contribution is -2.29. The SMILES string of the molecule is O=C(CCNc1ncccn1)NCC(O)c1ccc(OC(F)(F)F)cc1. The molecule has 26 heavy (non-hydrogen) atoms. The molecular weight excluding hydrogens is 353 g/mol. The van der Waals surface area contributed by atoms with Crippen molar-refractivity contribution < 1.29 is 27.8 Å². The molecule has 1 heterocycles. The lowest BCUT2D eigenvalue weighted by atomic mass is 10.1. The fourth-order valence-corrected chi connectivity index (χ4v) is 1.99. The van der Waals surface area contributed by atoms with Gasteiger partial charge in [-0.05, 0) is 23.8 Å². The Morgan fingerprint density at radius 1 is 1.19 bits per heavy atom. The Kier molecular flexibility index (Phi) is 6.73. The maximum Gasteiger partial charge on any atom is 0.573 e. The van der Waals surface area contributed by atoms with Gasteiger partial charge in [0.2, 0.25) is 11.9 Å². The number of ether oxygens (including phenoxy) is 1. The second-order valence-corrected chi connectivity index (χ2v) is 5.19. The third-order valence-electron chi connectivity index (χ3n) is 3.19. The highest BCUT2D eigenvalue weighted by Gasteiger charge is 2.31. The Morgan fingerprint density at radius 2 is 1.85 bits per heavy atom. The number of rotatable bonds is 8. The van der Waals surface area contributed by atoms with E-state index >= 15 is 0 Å². The quantitative estimate of drug-likeness (QED) is 0.658.